The Morgan fingerprint density at radius 3 is 2.51 bits per heavy atom. The smallest absolute Gasteiger partial charge is 0.239 e. The zero-order valence-corrected chi connectivity index (χ0v) is 20.8. The van der Waals surface area contributed by atoms with Crippen molar-refractivity contribution >= 4 is 11.7 Å². The summed E-state index contributed by atoms with van der Waals surface area (Å²) in [5.74, 6) is 1.95. The number of anilines is 1. The predicted molar refractivity (Wildman–Crippen MR) is 136 cm³/mol. The van der Waals surface area contributed by atoms with E-state index in [0.29, 0.717) is 30.5 Å². The minimum Gasteiger partial charge on any atom is -0.497 e. The van der Waals surface area contributed by atoms with Gasteiger partial charge in [0.15, 0.2) is 0 Å². The fraction of sp³-hybridized carbons (Fsp3) is 0.357. The molecule has 0 aliphatic heterocycles. The van der Waals surface area contributed by atoms with Crippen molar-refractivity contribution in [2.75, 3.05) is 26.1 Å². The Bertz CT molecular complexity index is 1240. The van der Waals surface area contributed by atoms with E-state index < -0.39 is 0 Å². The van der Waals surface area contributed by atoms with Crippen molar-refractivity contribution in [3.8, 4) is 17.6 Å². The molecule has 0 unspecified atom stereocenters. The summed E-state index contributed by atoms with van der Waals surface area (Å²) in [5.41, 5.74) is 4.46. The van der Waals surface area contributed by atoms with Crippen LogP contribution in [0.15, 0.2) is 48.5 Å². The van der Waals surface area contributed by atoms with Crippen LogP contribution < -0.4 is 14.8 Å². The Labute approximate surface area is 206 Å². The lowest BCUT2D eigenvalue weighted by atomic mass is 10.1. The second-order valence-electron chi connectivity index (χ2n) is 8.98. The molecule has 1 aliphatic rings. The minimum atomic E-state index is -0.137. The number of carbonyl (C=O) groups excluding carboxylic acids is 1. The number of nitrogens with zero attached hydrogens (tertiary/aromatic N) is 3. The van der Waals surface area contributed by atoms with E-state index in [-0.39, 0.29) is 12.5 Å². The lowest BCUT2D eigenvalue weighted by Gasteiger charge is -2.23. The monoisotopic (exact) mass is 472 g/mol. The number of nitrogens with one attached hydrogen (secondary N) is 1. The Balaban J connectivity index is 1.55. The molecule has 2 aromatic carbocycles. The van der Waals surface area contributed by atoms with E-state index in [2.05, 4.69) is 16.3 Å². The Morgan fingerprint density at radius 2 is 1.89 bits per heavy atom. The molecule has 0 radical (unpaired) electrons. The summed E-state index contributed by atoms with van der Waals surface area (Å²) in [7, 11) is 3.29. The average Bonchev–Trinajstić information content (AvgIpc) is 3.69. The highest BCUT2D eigenvalue weighted by Crippen LogP contribution is 2.32. The summed E-state index contributed by atoms with van der Waals surface area (Å²) < 4.78 is 13.0. The van der Waals surface area contributed by atoms with E-state index in [9.17, 15) is 10.1 Å². The second-order valence-corrected chi connectivity index (χ2v) is 8.98. The molecule has 1 fully saturated rings. The van der Waals surface area contributed by atoms with Gasteiger partial charge in [-0.05, 0) is 56.0 Å². The molecule has 1 N–H and O–H groups in total. The van der Waals surface area contributed by atoms with Crippen LogP contribution in [-0.4, -0.2) is 42.2 Å². The van der Waals surface area contributed by atoms with Crippen LogP contribution in [0.3, 0.4) is 0 Å². The molecule has 1 aliphatic carbocycles. The zero-order chi connectivity index (χ0) is 24.9. The van der Waals surface area contributed by atoms with Gasteiger partial charge >= 0.3 is 0 Å². The van der Waals surface area contributed by atoms with Crippen LogP contribution in [-0.2, 0) is 17.9 Å². The molecule has 35 heavy (non-hydrogen) atoms. The first-order chi connectivity index (χ1) is 16.9. The van der Waals surface area contributed by atoms with E-state index in [1.807, 2.05) is 66.9 Å². The molecule has 4 rings (SSSR count). The lowest BCUT2D eigenvalue weighted by Crippen LogP contribution is -2.35. The topological polar surface area (TPSA) is 79.5 Å². The fourth-order valence-electron chi connectivity index (χ4n) is 4.43. The highest BCUT2D eigenvalue weighted by atomic mass is 16.5. The van der Waals surface area contributed by atoms with Crippen LogP contribution in [0.2, 0.25) is 0 Å². The molecule has 182 valence electrons. The van der Waals surface area contributed by atoms with E-state index in [4.69, 9.17) is 9.47 Å². The number of hydrogen-bond donors (Lipinski definition) is 1. The van der Waals surface area contributed by atoms with Crippen molar-refractivity contribution < 1.29 is 14.3 Å². The number of carbonyl (C=O) groups is 1. The molecule has 0 saturated heterocycles. The maximum atomic E-state index is 13.3. The Kier molecular flexibility index (Phi) is 7.42. The fourth-order valence-corrected chi connectivity index (χ4v) is 4.43. The van der Waals surface area contributed by atoms with Crippen LogP contribution in [0.4, 0.5) is 5.82 Å². The summed E-state index contributed by atoms with van der Waals surface area (Å²) in [6.07, 6.45) is 2.12. The van der Waals surface area contributed by atoms with Crippen LogP contribution in [0.1, 0.15) is 40.8 Å². The minimum absolute atomic E-state index is 0.137. The van der Waals surface area contributed by atoms with Gasteiger partial charge in [0.2, 0.25) is 5.91 Å². The standard InChI is InChI=1S/C28H32N4O3/c1-19-20(2)32(16-21-8-6-5-7-9-21)28(25(19)15-29)30-27(33)18-31(23-10-11-23)17-22-14-24(34-3)12-13-26(22)35-4/h5-9,12-14,23H,10-11,16-18H2,1-4H3,(H,30,33). The molecule has 1 aromatic heterocycles. The molecule has 3 aromatic rings. The van der Waals surface area contributed by atoms with Crippen molar-refractivity contribution in [3.05, 3.63) is 76.5 Å². The largest absolute Gasteiger partial charge is 0.497 e. The number of amides is 1. The number of ether oxygens (including phenoxy) is 2. The first-order valence-electron chi connectivity index (χ1n) is 11.8. The maximum absolute atomic E-state index is 13.3. The summed E-state index contributed by atoms with van der Waals surface area (Å²) in [6.45, 7) is 5.30. The first-order valence-corrected chi connectivity index (χ1v) is 11.8. The van der Waals surface area contributed by atoms with Crippen molar-refractivity contribution in [3.63, 3.8) is 0 Å². The van der Waals surface area contributed by atoms with Crippen LogP contribution in [0.5, 0.6) is 11.5 Å². The molecule has 0 spiro atoms. The molecule has 1 amide bonds. The zero-order valence-electron chi connectivity index (χ0n) is 20.8. The highest BCUT2D eigenvalue weighted by molar-refractivity contribution is 5.93. The second kappa shape index (κ2) is 10.7. The van der Waals surface area contributed by atoms with Crippen molar-refractivity contribution in [1.29, 1.82) is 5.26 Å². The summed E-state index contributed by atoms with van der Waals surface area (Å²) in [5, 5.41) is 12.9. The number of nitriles is 1. The van der Waals surface area contributed by atoms with Gasteiger partial charge in [-0.2, -0.15) is 5.26 Å². The van der Waals surface area contributed by atoms with E-state index in [0.717, 1.165) is 46.7 Å². The summed E-state index contributed by atoms with van der Waals surface area (Å²) in [6, 6.07) is 18.4. The summed E-state index contributed by atoms with van der Waals surface area (Å²) >= 11 is 0. The molecular weight excluding hydrogens is 440 g/mol. The average molecular weight is 473 g/mol. The van der Waals surface area contributed by atoms with Gasteiger partial charge in [-0.15, -0.1) is 0 Å². The summed E-state index contributed by atoms with van der Waals surface area (Å²) in [4.78, 5) is 15.5. The van der Waals surface area contributed by atoms with E-state index in [1.54, 1.807) is 14.2 Å². The Morgan fingerprint density at radius 1 is 1.14 bits per heavy atom. The number of methoxy groups -OCH3 is 2. The van der Waals surface area contributed by atoms with E-state index >= 15 is 0 Å². The van der Waals surface area contributed by atoms with Gasteiger partial charge in [0, 0.05) is 30.4 Å². The number of rotatable bonds is 10. The molecule has 1 heterocycles. The van der Waals surface area contributed by atoms with Crippen molar-refractivity contribution in [2.24, 2.45) is 0 Å². The van der Waals surface area contributed by atoms with Gasteiger partial charge in [-0.3, -0.25) is 9.69 Å². The maximum Gasteiger partial charge on any atom is 0.239 e. The lowest BCUT2D eigenvalue weighted by molar-refractivity contribution is -0.117. The van der Waals surface area contributed by atoms with Gasteiger partial charge in [0.05, 0.1) is 26.3 Å². The van der Waals surface area contributed by atoms with Gasteiger partial charge in [0.1, 0.15) is 23.4 Å². The normalized spacial score (nSPS) is 12.9. The van der Waals surface area contributed by atoms with Crippen LogP contribution in [0.25, 0.3) is 0 Å². The number of benzene rings is 2. The SMILES string of the molecule is COc1ccc(OC)c(CN(CC(=O)Nc2c(C#N)c(C)c(C)n2Cc2ccccc2)C2CC2)c1. The van der Waals surface area contributed by atoms with Gasteiger partial charge in [0.25, 0.3) is 0 Å². The third-order valence-electron chi connectivity index (χ3n) is 6.65. The number of hydrogen-bond acceptors (Lipinski definition) is 5. The molecule has 7 heteroatoms. The first kappa shape index (κ1) is 24.4. The molecule has 0 bridgehead atoms. The molecule has 1 saturated carbocycles. The molecular formula is C28H32N4O3. The van der Waals surface area contributed by atoms with Crippen LogP contribution >= 0.6 is 0 Å². The van der Waals surface area contributed by atoms with Crippen molar-refractivity contribution in [1.82, 2.24) is 9.47 Å². The third kappa shape index (κ3) is 5.50. The van der Waals surface area contributed by atoms with Crippen LogP contribution in [0, 0.1) is 25.2 Å². The predicted octanol–water partition coefficient (Wildman–Crippen LogP) is 4.65. The van der Waals surface area contributed by atoms with Gasteiger partial charge in [-0.1, -0.05) is 30.3 Å². The van der Waals surface area contributed by atoms with Crippen molar-refractivity contribution in [2.45, 2.75) is 45.8 Å². The molecule has 0 atom stereocenters. The van der Waals surface area contributed by atoms with Gasteiger partial charge in [-0.25, -0.2) is 0 Å². The Hall–Kier alpha value is -3.76. The number of aromatic nitrogens is 1. The quantitative estimate of drug-likeness (QED) is 0.465. The third-order valence-corrected chi connectivity index (χ3v) is 6.65. The van der Waals surface area contributed by atoms with E-state index in [1.165, 1.54) is 0 Å². The highest BCUT2D eigenvalue weighted by Gasteiger charge is 2.31. The van der Waals surface area contributed by atoms with Gasteiger partial charge < -0.3 is 19.4 Å². The molecule has 7 nitrogen and oxygen atoms in total.